The molecule has 2 aromatic rings. The van der Waals surface area contributed by atoms with Gasteiger partial charge in [-0.2, -0.15) is 0 Å². The molecule has 1 heterocycles. The third-order valence-corrected chi connectivity index (χ3v) is 4.91. The first-order chi connectivity index (χ1) is 14.5. The van der Waals surface area contributed by atoms with E-state index in [0.29, 0.717) is 43.1 Å². The Labute approximate surface area is 178 Å². The molecule has 0 spiro atoms. The van der Waals surface area contributed by atoms with Crippen molar-refractivity contribution in [1.29, 1.82) is 0 Å². The summed E-state index contributed by atoms with van der Waals surface area (Å²) < 4.78 is 11.4. The van der Waals surface area contributed by atoms with Crippen molar-refractivity contribution >= 4 is 23.2 Å². The molecule has 0 bridgehead atoms. The van der Waals surface area contributed by atoms with Crippen LogP contribution in [0.3, 0.4) is 0 Å². The van der Waals surface area contributed by atoms with Crippen LogP contribution in [-0.4, -0.2) is 31.6 Å². The summed E-state index contributed by atoms with van der Waals surface area (Å²) in [6, 6.07) is 13.5. The molecule has 0 aromatic heterocycles. The number of nitrogens with one attached hydrogen (secondary N) is 1. The molecule has 2 aromatic carbocycles. The van der Waals surface area contributed by atoms with Gasteiger partial charge in [0.15, 0.2) is 6.61 Å². The van der Waals surface area contributed by atoms with E-state index in [1.807, 2.05) is 26.0 Å². The Hall–Kier alpha value is -3.02. The summed E-state index contributed by atoms with van der Waals surface area (Å²) in [4.78, 5) is 26.2. The number of anilines is 2. The van der Waals surface area contributed by atoms with Gasteiger partial charge in [-0.05, 0) is 54.7 Å². The highest BCUT2D eigenvalue weighted by Crippen LogP contribution is 2.34. The van der Waals surface area contributed by atoms with Gasteiger partial charge in [0.05, 0.1) is 12.3 Å². The highest BCUT2D eigenvalue weighted by molar-refractivity contribution is 5.99. The van der Waals surface area contributed by atoms with Crippen molar-refractivity contribution < 1.29 is 19.1 Å². The van der Waals surface area contributed by atoms with Gasteiger partial charge in [0.25, 0.3) is 5.91 Å². The molecule has 160 valence electrons. The van der Waals surface area contributed by atoms with E-state index in [1.54, 1.807) is 23.1 Å². The maximum absolute atomic E-state index is 12.4. The maximum atomic E-state index is 12.4. The number of amides is 2. The molecule has 0 saturated heterocycles. The average molecular weight is 411 g/mol. The Kier molecular flexibility index (Phi) is 7.33. The Morgan fingerprint density at radius 1 is 1.20 bits per heavy atom. The molecule has 1 aliphatic heterocycles. The minimum absolute atomic E-state index is 0.0192. The molecule has 30 heavy (non-hydrogen) atoms. The standard InChI is InChI=1S/C24H30N2O4/c1-4-18-6-9-20(10-7-18)29-13-5-12-26-21-15-19(25-23(27)14-17(2)3)8-11-22(21)30-16-24(26)28/h6-11,15,17H,4-5,12-14,16H2,1-3H3,(H,25,27). The second-order valence-corrected chi connectivity index (χ2v) is 7.86. The molecule has 0 unspecified atom stereocenters. The second kappa shape index (κ2) is 10.1. The van der Waals surface area contributed by atoms with Crippen LogP contribution < -0.4 is 19.7 Å². The highest BCUT2D eigenvalue weighted by atomic mass is 16.5. The van der Waals surface area contributed by atoms with Crippen molar-refractivity contribution in [2.75, 3.05) is 30.0 Å². The molecule has 1 N–H and O–H groups in total. The first-order valence-electron chi connectivity index (χ1n) is 10.5. The third kappa shape index (κ3) is 5.75. The van der Waals surface area contributed by atoms with Gasteiger partial charge < -0.3 is 19.7 Å². The lowest BCUT2D eigenvalue weighted by Gasteiger charge is -2.30. The topological polar surface area (TPSA) is 67.9 Å². The lowest BCUT2D eigenvalue weighted by Crippen LogP contribution is -2.39. The number of fused-ring (bicyclic) bond motifs is 1. The minimum Gasteiger partial charge on any atom is -0.494 e. The number of ether oxygens (including phenoxy) is 2. The molecule has 0 fully saturated rings. The highest BCUT2D eigenvalue weighted by Gasteiger charge is 2.25. The SMILES string of the molecule is CCc1ccc(OCCCN2C(=O)COc3ccc(NC(=O)CC(C)C)cc32)cc1. The van der Waals surface area contributed by atoms with E-state index in [9.17, 15) is 9.59 Å². The fourth-order valence-electron chi connectivity index (χ4n) is 3.34. The summed E-state index contributed by atoms with van der Waals surface area (Å²) >= 11 is 0. The molecule has 1 aliphatic rings. The minimum atomic E-state index is -0.0968. The number of carbonyl (C=O) groups is 2. The third-order valence-electron chi connectivity index (χ3n) is 4.91. The number of benzene rings is 2. The summed E-state index contributed by atoms with van der Waals surface area (Å²) in [5.74, 6) is 1.62. The zero-order valence-corrected chi connectivity index (χ0v) is 17.9. The van der Waals surface area contributed by atoms with E-state index in [-0.39, 0.29) is 24.3 Å². The van der Waals surface area contributed by atoms with Crippen LogP contribution in [0.1, 0.15) is 39.2 Å². The summed E-state index contributed by atoms with van der Waals surface area (Å²) in [6.45, 7) is 7.17. The van der Waals surface area contributed by atoms with E-state index in [1.165, 1.54) is 5.56 Å². The molecule has 3 rings (SSSR count). The zero-order chi connectivity index (χ0) is 21.5. The molecular formula is C24H30N2O4. The number of hydrogen-bond donors (Lipinski definition) is 1. The average Bonchev–Trinajstić information content (AvgIpc) is 2.72. The quantitative estimate of drug-likeness (QED) is 0.621. The molecular weight excluding hydrogens is 380 g/mol. The molecule has 0 aliphatic carbocycles. The largest absolute Gasteiger partial charge is 0.494 e. The smallest absolute Gasteiger partial charge is 0.265 e. The van der Waals surface area contributed by atoms with Gasteiger partial charge in [0.2, 0.25) is 5.91 Å². The summed E-state index contributed by atoms with van der Waals surface area (Å²) in [5.41, 5.74) is 2.62. The Bertz CT molecular complexity index is 877. The maximum Gasteiger partial charge on any atom is 0.265 e. The Balaban J connectivity index is 1.60. The van der Waals surface area contributed by atoms with E-state index < -0.39 is 0 Å². The van der Waals surface area contributed by atoms with Gasteiger partial charge in [-0.3, -0.25) is 9.59 Å². The van der Waals surface area contributed by atoms with Crippen LogP contribution in [0.4, 0.5) is 11.4 Å². The summed E-state index contributed by atoms with van der Waals surface area (Å²) in [7, 11) is 0. The molecule has 2 amide bonds. The van der Waals surface area contributed by atoms with Crippen LogP contribution in [-0.2, 0) is 16.0 Å². The van der Waals surface area contributed by atoms with Gasteiger partial charge in [0, 0.05) is 18.7 Å². The number of carbonyl (C=O) groups excluding carboxylic acids is 2. The molecule has 0 saturated carbocycles. The number of rotatable bonds is 9. The van der Waals surface area contributed by atoms with Crippen LogP contribution in [0.15, 0.2) is 42.5 Å². The fraction of sp³-hybridized carbons (Fsp3) is 0.417. The first-order valence-corrected chi connectivity index (χ1v) is 10.5. The lowest BCUT2D eigenvalue weighted by molar-refractivity contribution is -0.121. The Morgan fingerprint density at radius 3 is 2.67 bits per heavy atom. The Morgan fingerprint density at radius 2 is 1.97 bits per heavy atom. The van der Waals surface area contributed by atoms with E-state index in [2.05, 4.69) is 24.4 Å². The van der Waals surface area contributed by atoms with Crippen LogP contribution in [0.5, 0.6) is 11.5 Å². The van der Waals surface area contributed by atoms with Crippen molar-refractivity contribution in [3.05, 3.63) is 48.0 Å². The first kappa shape index (κ1) is 21.7. The fourth-order valence-corrected chi connectivity index (χ4v) is 3.34. The van der Waals surface area contributed by atoms with Crippen molar-refractivity contribution in [1.82, 2.24) is 0 Å². The lowest BCUT2D eigenvalue weighted by atomic mass is 10.1. The predicted molar refractivity (Wildman–Crippen MR) is 118 cm³/mol. The van der Waals surface area contributed by atoms with Crippen LogP contribution in [0.25, 0.3) is 0 Å². The van der Waals surface area contributed by atoms with Gasteiger partial charge in [-0.1, -0.05) is 32.9 Å². The van der Waals surface area contributed by atoms with E-state index in [0.717, 1.165) is 12.2 Å². The van der Waals surface area contributed by atoms with Gasteiger partial charge >= 0.3 is 0 Å². The molecule has 6 nitrogen and oxygen atoms in total. The van der Waals surface area contributed by atoms with Crippen molar-refractivity contribution in [2.24, 2.45) is 5.92 Å². The van der Waals surface area contributed by atoms with E-state index >= 15 is 0 Å². The summed E-state index contributed by atoms with van der Waals surface area (Å²) in [6.07, 6.45) is 2.14. The zero-order valence-electron chi connectivity index (χ0n) is 17.9. The monoisotopic (exact) mass is 410 g/mol. The van der Waals surface area contributed by atoms with Crippen LogP contribution >= 0.6 is 0 Å². The number of nitrogens with zero attached hydrogens (tertiary/aromatic N) is 1. The predicted octanol–water partition coefficient (Wildman–Crippen LogP) is 4.43. The van der Waals surface area contributed by atoms with Crippen molar-refractivity contribution in [3.63, 3.8) is 0 Å². The molecule has 6 heteroatoms. The normalized spacial score (nSPS) is 13.1. The van der Waals surface area contributed by atoms with Crippen LogP contribution in [0, 0.1) is 5.92 Å². The summed E-state index contributed by atoms with van der Waals surface area (Å²) in [5, 5.41) is 2.90. The van der Waals surface area contributed by atoms with Gasteiger partial charge in [-0.25, -0.2) is 0 Å². The number of hydrogen-bond acceptors (Lipinski definition) is 4. The molecule has 0 radical (unpaired) electrons. The van der Waals surface area contributed by atoms with Gasteiger partial charge in [-0.15, -0.1) is 0 Å². The molecule has 0 atom stereocenters. The second-order valence-electron chi connectivity index (χ2n) is 7.86. The van der Waals surface area contributed by atoms with E-state index in [4.69, 9.17) is 9.47 Å². The van der Waals surface area contributed by atoms with Gasteiger partial charge in [0.1, 0.15) is 11.5 Å². The van der Waals surface area contributed by atoms with Crippen LogP contribution in [0.2, 0.25) is 0 Å². The van der Waals surface area contributed by atoms with Crippen molar-refractivity contribution in [2.45, 2.75) is 40.0 Å². The van der Waals surface area contributed by atoms with Crippen molar-refractivity contribution in [3.8, 4) is 11.5 Å². The number of aryl methyl sites for hydroxylation is 1.